The van der Waals surface area contributed by atoms with Gasteiger partial charge in [-0.05, 0) is 42.2 Å². The van der Waals surface area contributed by atoms with E-state index in [1.165, 1.54) is 16.8 Å². The Morgan fingerprint density at radius 1 is 1.11 bits per heavy atom. The van der Waals surface area contributed by atoms with Gasteiger partial charge in [-0.3, -0.25) is 0 Å². The molecule has 0 radical (unpaired) electrons. The summed E-state index contributed by atoms with van der Waals surface area (Å²) in [6.07, 6.45) is 2.92. The van der Waals surface area contributed by atoms with Gasteiger partial charge < -0.3 is 15.7 Å². The number of thiazole rings is 1. The van der Waals surface area contributed by atoms with E-state index in [2.05, 4.69) is 58.6 Å². The number of carboxylic acid groups (broad SMARTS) is 1. The van der Waals surface area contributed by atoms with Crippen LogP contribution in [0.15, 0.2) is 60.9 Å². The van der Waals surface area contributed by atoms with Crippen molar-refractivity contribution in [3.63, 3.8) is 0 Å². The summed E-state index contributed by atoms with van der Waals surface area (Å²) in [5.41, 5.74) is 12.4. The summed E-state index contributed by atoms with van der Waals surface area (Å²) in [5.74, 6) is 0.629. The van der Waals surface area contributed by atoms with E-state index in [9.17, 15) is 9.90 Å². The molecular formula is C26H24N6O2S. The Hall–Kier alpha value is -3.98. The highest BCUT2D eigenvalue weighted by atomic mass is 32.1. The van der Waals surface area contributed by atoms with Crippen LogP contribution in [0.2, 0.25) is 0 Å². The quantitative estimate of drug-likeness (QED) is 0.370. The Labute approximate surface area is 205 Å². The van der Waals surface area contributed by atoms with Gasteiger partial charge in [0, 0.05) is 36.7 Å². The summed E-state index contributed by atoms with van der Waals surface area (Å²) >= 11 is 1.71. The maximum Gasteiger partial charge on any atom is 0.407 e. The van der Waals surface area contributed by atoms with Crippen LogP contribution in [-0.2, 0) is 6.42 Å². The maximum atomic E-state index is 11.3. The van der Waals surface area contributed by atoms with E-state index < -0.39 is 6.09 Å². The predicted molar refractivity (Wildman–Crippen MR) is 137 cm³/mol. The lowest BCUT2D eigenvalue weighted by atomic mass is 9.93. The topological polar surface area (TPSA) is 110 Å². The normalized spacial score (nSPS) is 14.7. The lowest BCUT2D eigenvalue weighted by Crippen LogP contribution is -2.37. The van der Waals surface area contributed by atoms with E-state index in [1.807, 2.05) is 10.6 Å². The highest BCUT2D eigenvalue weighted by Crippen LogP contribution is 2.38. The molecule has 8 nitrogen and oxygen atoms in total. The zero-order valence-electron chi connectivity index (χ0n) is 19.0. The average Bonchev–Trinajstić information content (AvgIpc) is 3.46. The number of nitrogens with zero attached hydrogens (tertiary/aromatic N) is 5. The van der Waals surface area contributed by atoms with Gasteiger partial charge >= 0.3 is 6.09 Å². The van der Waals surface area contributed by atoms with Crippen molar-refractivity contribution in [2.75, 3.05) is 18.8 Å². The van der Waals surface area contributed by atoms with Crippen LogP contribution in [0.5, 0.6) is 0 Å². The van der Waals surface area contributed by atoms with E-state index in [1.54, 1.807) is 11.3 Å². The summed E-state index contributed by atoms with van der Waals surface area (Å²) in [5, 5.41) is 14.9. The maximum absolute atomic E-state index is 11.3. The molecule has 0 saturated carbocycles. The summed E-state index contributed by atoms with van der Waals surface area (Å²) in [4.78, 5) is 21.9. The minimum atomic E-state index is -0.861. The average molecular weight is 485 g/mol. The van der Waals surface area contributed by atoms with Crippen LogP contribution in [0.3, 0.4) is 0 Å². The fourth-order valence-corrected chi connectivity index (χ4v) is 6.00. The number of piperidine rings is 1. The minimum absolute atomic E-state index is 0.200. The van der Waals surface area contributed by atoms with Gasteiger partial charge in [-0.2, -0.15) is 5.10 Å². The number of aromatic nitrogens is 4. The molecule has 176 valence electrons. The van der Waals surface area contributed by atoms with Crippen LogP contribution >= 0.6 is 11.3 Å². The molecule has 0 atom stereocenters. The molecule has 3 aromatic heterocycles. The van der Waals surface area contributed by atoms with Crippen molar-refractivity contribution in [1.29, 1.82) is 0 Å². The largest absolute Gasteiger partial charge is 0.465 e. The highest BCUT2D eigenvalue weighted by molar-refractivity contribution is 7.18. The Morgan fingerprint density at radius 3 is 2.69 bits per heavy atom. The number of fused-ring (bicyclic) bond motifs is 2. The molecule has 0 unspecified atom stereocenters. The van der Waals surface area contributed by atoms with E-state index in [0.717, 1.165) is 56.8 Å². The van der Waals surface area contributed by atoms with E-state index >= 15 is 0 Å². The van der Waals surface area contributed by atoms with Crippen LogP contribution in [0.4, 0.5) is 10.6 Å². The number of amides is 1. The number of nitrogen functional groups attached to an aromatic ring is 1. The number of carbonyl (C=O) groups is 1. The molecule has 1 saturated heterocycles. The third kappa shape index (κ3) is 3.97. The van der Waals surface area contributed by atoms with Crippen molar-refractivity contribution in [1.82, 2.24) is 24.5 Å². The summed E-state index contributed by atoms with van der Waals surface area (Å²) < 4.78 is 3.01. The molecule has 1 aliphatic heterocycles. The summed E-state index contributed by atoms with van der Waals surface area (Å²) in [6, 6.07) is 18.8. The smallest absolute Gasteiger partial charge is 0.407 e. The molecule has 9 heteroatoms. The molecule has 3 N–H and O–H groups in total. The van der Waals surface area contributed by atoms with Crippen LogP contribution < -0.4 is 5.73 Å². The van der Waals surface area contributed by atoms with Crippen LogP contribution in [-0.4, -0.2) is 48.8 Å². The lowest BCUT2D eigenvalue weighted by molar-refractivity contribution is 0.131. The van der Waals surface area contributed by atoms with Crippen LogP contribution in [0.25, 0.3) is 26.9 Å². The van der Waals surface area contributed by atoms with Crippen LogP contribution in [0.1, 0.15) is 35.0 Å². The van der Waals surface area contributed by atoms with Crippen molar-refractivity contribution < 1.29 is 9.90 Å². The van der Waals surface area contributed by atoms with E-state index in [-0.39, 0.29) is 5.92 Å². The van der Waals surface area contributed by atoms with Gasteiger partial charge in [-0.25, -0.2) is 19.3 Å². The molecule has 2 aromatic carbocycles. The number of benzene rings is 2. The number of anilines is 1. The molecule has 0 aliphatic carbocycles. The second-order valence-electron chi connectivity index (χ2n) is 8.88. The van der Waals surface area contributed by atoms with Gasteiger partial charge in [0.1, 0.15) is 11.8 Å². The fourth-order valence-electron chi connectivity index (χ4n) is 4.96. The highest BCUT2D eigenvalue weighted by Gasteiger charge is 2.27. The molecule has 1 fully saturated rings. The number of likely N-dealkylation sites (tertiary alicyclic amines) is 1. The Bertz CT molecular complexity index is 1540. The number of nitrogens with two attached hydrogens (primary N) is 1. The first-order chi connectivity index (χ1) is 17.1. The Morgan fingerprint density at radius 2 is 1.91 bits per heavy atom. The van der Waals surface area contributed by atoms with Crippen molar-refractivity contribution in [2.45, 2.75) is 25.2 Å². The first-order valence-corrected chi connectivity index (χ1v) is 12.4. The second-order valence-corrected chi connectivity index (χ2v) is 10.0. The molecular weight excluding hydrogens is 460 g/mol. The molecule has 1 amide bonds. The first-order valence-electron chi connectivity index (χ1n) is 11.6. The minimum Gasteiger partial charge on any atom is -0.465 e. The van der Waals surface area contributed by atoms with Crippen molar-refractivity contribution in [3.05, 3.63) is 77.2 Å². The predicted octanol–water partition coefficient (Wildman–Crippen LogP) is 5.04. The van der Waals surface area contributed by atoms with Gasteiger partial charge in [-0.1, -0.05) is 36.4 Å². The monoisotopic (exact) mass is 484 g/mol. The number of hydrogen-bond acceptors (Lipinski definition) is 6. The molecule has 4 heterocycles. The van der Waals surface area contributed by atoms with Gasteiger partial charge in [-0.15, -0.1) is 11.3 Å². The summed E-state index contributed by atoms with van der Waals surface area (Å²) in [7, 11) is 0. The SMILES string of the molecule is Nc1ncnn2c(C3CCN(C(=O)O)CC3)cc(-c3ccc4nc(Cc5ccccc5)sc4c3)c12. The second kappa shape index (κ2) is 8.66. The Balaban J connectivity index is 1.38. The lowest BCUT2D eigenvalue weighted by Gasteiger charge is -2.29. The van der Waals surface area contributed by atoms with Gasteiger partial charge in [0.15, 0.2) is 5.82 Å². The molecule has 0 spiro atoms. The number of rotatable bonds is 4. The third-order valence-electron chi connectivity index (χ3n) is 6.74. The number of hydrogen-bond donors (Lipinski definition) is 2. The summed E-state index contributed by atoms with van der Waals surface area (Å²) in [6.45, 7) is 1.03. The first kappa shape index (κ1) is 21.5. The van der Waals surface area contributed by atoms with E-state index in [0.29, 0.717) is 18.9 Å². The standard InChI is InChI=1S/C26H24N6O2S/c27-25-24-19(14-21(32(24)29-15-28-25)17-8-10-31(11-9-17)26(33)34)18-6-7-20-22(13-18)35-23(30-20)12-16-4-2-1-3-5-16/h1-7,13-15,17H,8-12H2,(H,33,34)(H2,27,28,29). The molecule has 1 aliphatic rings. The van der Waals surface area contributed by atoms with E-state index in [4.69, 9.17) is 10.7 Å². The van der Waals surface area contributed by atoms with Crippen molar-refractivity contribution in [2.24, 2.45) is 0 Å². The Kier molecular flexibility index (Phi) is 5.33. The van der Waals surface area contributed by atoms with Crippen molar-refractivity contribution >= 4 is 39.0 Å². The molecule has 5 aromatic rings. The zero-order valence-corrected chi connectivity index (χ0v) is 19.8. The van der Waals surface area contributed by atoms with Crippen molar-refractivity contribution in [3.8, 4) is 11.1 Å². The van der Waals surface area contributed by atoms with Crippen LogP contribution in [0, 0.1) is 0 Å². The molecule has 0 bridgehead atoms. The molecule has 35 heavy (non-hydrogen) atoms. The fraction of sp³-hybridized carbons (Fsp3) is 0.231. The molecule has 6 rings (SSSR count). The van der Waals surface area contributed by atoms with Gasteiger partial charge in [0.2, 0.25) is 0 Å². The third-order valence-corrected chi connectivity index (χ3v) is 7.75. The van der Waals surface area contributed by atoms with Gasteiger partial charge in [0.05, 0.1) is 15.2 Å². The zero-order chi connectivity index (χ0) is 23.9. The van der Waals surface area contributed by atoms with Gasteiger partial charge in [0.25, 0.3) is 0 Å².